The summed E-state index contributed by atoms with van der Waals surface area (Å²) in [6, 6.07) is 8.09. The van der Waals surface area contributed by atoms with Gasteiger partial charge in [-0.15, -0.1) is 0 Å². The molecule has 1 saturated heterocycles. The van der Waals surface area contributed by atoms with Gasteiger partial charge in [0.1, 0.15) is 0 Å². The third-order valence-corrected chi connectivity index (χ3v) is 5.12. The van der Waals surface area contributed by atoms with Crippen molar-refractivity contribution in [2.24, 2.45) is 0 Å². The molecule has 0 radical (unpaired) electrons. The maximum atomic E-state index is 3.76. The van der Waals surface area contributed by atoms with Crippen molar-refractivity contribution >= 4 is 0 Å². The molecule has 1 nitrogen and oxygen atoms in total. The zero-order valence-corrected chi connectivity index (χ0v) is 15.0. The minimum atomic E-state index is 0.734. The Kier molecular flexibility index (Phi) is 7.45. The lowest BCUT2D eigenvalue weighted by Gasteiger charge is -2.15. The van der Waals surface area contributed by atoms with Gasteiger partial charge in [0, 0.05) is 12.6 Å². The van der Waals surface area contributed by atoms with Gasteiger partial charge in [0.2, 0.25) is 0 Å². The second-order valence-electron chi connectivity index (χ2n) is 7.06. The highest BCUT2D eigenvalue weighted by molar-refractivity contribution is 5.35. The van der Waals surface area contributed by atoms with Crippen molar-refractivity contribution in [2.75, 3.05) is 6.54 Å². The summed E-state index contributed by atoms with van der Waals surface area (Å²) in [6.45, 7) is 8.04. The summed E-state index contributed by atoms with van der Waals surface area (Å²) in [4.78, 5) is 0. The maximum Gasteiger partial charge on any atom is 0.00736 e. The molecule has 2 unspecified atom stereocenters. The van der Waals surface area contributed by atoms with Crippen LogP contribution in [0.4, 0.5) is 0 Å². The highest BCUT2D eigenvalue weighted by Crippen LogP contribution is 2.30. The van der Waals surface area contributed by atoms with Crippen molar-refractivity contribution in [3.63, 3.8) is 0 Å². The highest BCUT2D eigenvalue weighted by Gasteiger charge is 2.25. The number of nitrogens with one attached hydrogen (secondary N) is 1. The van der Waals surface area contributed by atoms with Gasteiger partial charge in [0.05, 0.1) is 0 Å². The minimum Gasteiger partial charge on any atom is -0.313 e. The Morgan fingerprint density at radius 3 is 2.45 bits per heavy atom. The summed E-state index contributed by atoms with van der Waals surface area (Å²) in [7, 11) is 0. The lowest BCUT2D eigenvalue weighted by atomic mass is 9.90. The molecular formula is C21H35N. The summed E-state index contributed by atoms with van der Waals surface area (Å²) in [5, 5.41) is 3.76. The van der Waals surface area contributed by atoms with E-state index in [2.05, 4.69) is 44.3 Å². The Morgan fingerprint density at radius 1 is 0.955 bits per heavy atom. The molecule has 1 aliphatic heterocycles. The van der Waals surface area contributed by atoms with Gasteiger partial charge in [0.15, 0.2) is 0 Å². The predicted octanol–water partition coefficient (Wildman–Crippen LogP) is 5.62. The molecule has 1 aromatic rings. The summed E-state index contributed by atoms with van der Waals surface area (Å²) >= 11 is 0. The van der Waals surface area contributed by atoms with E-state index in [1.165, 1.54) is 64.3 Å². The first-order valence-corrected chi connectivity index (χ1v) is 9.63. The lowest BCUT2D eigenvalue weighted by Crippen LogP contribution is -2.20. The molecule has 1 aliphatic rings. The Bertz CT molecular complexity index is 438. The zero-order valence-electron chi connectivity index (χ0n) is 15.0. The molecule has 1 heteroatoms. The number of hydrogen-bond donors (Lipinski definition) is 1. The van der Waals surface area contributed by atoms with Crippen molar-refractivity contribution in [1.29, 1.82) is 0 Å². The average Bonchev–Trinajstić information content (AvgIpc) is 2.99. The Hall–Kier alpha value is -0.820. The van der Waals surface area contributed by atoms with Crippen LogP contribution in [0.2, 0.25) is 0 Å². The standard InChI is InChI=1S/C21H35N/c1-4-7-8-11-21-15-20(16-22-21)19-13-12-17(9-5-2)18(14-19)10-6-3/h12-14,20-22H,4-11,15-16H2,1-3H3. The van der Waals surface area contributed by atoms with Crippen LogP contribution in [0, 0.1) is 0 Å². The van der Waals surface area contributed by atoms with E-state index in [0.717, 1.165) is 12.0 Å². The van der Waals surface area contributed by atoms with Gasteiger partial charge in [-0.1, -0.05) is 71.1 Å². The van der Waals surface area contributed by atoms with Crippen LogP contribution >= 0.6 is 0 Å². The van der Waals surface area contributed by atoms with Crippen LogP contribution in [0.15, 0.2) is 18.2 Å². The fourth-order valence-electron chi connectivity index (χ4n) is 3.85. The Morgan fingerprint density at radius 2 is 1.73 bits per heavy atom. The molecule has 124 valence electrons. The van der Waals surface area contributed by atoms with Gasteiger partial charge in [-0.05, 0) is 48.3 Å². The first kappa shape index (κ1) is 17.5. The van der Waals surface area contributed by atoms with Crippen molar-refractivity contribution in [1.82, 2.24) is 5.32 Å². The molecule has 1 aromatic carbocycles. The predicted molar refractivity (Wildman–Crippen MR) is 97.7 cm³/mol. The normalized spacial score (nSPS) is 21.4. The zero-order chi connectivity index (χ0) is 15.8. The largest absolute Gasteiger partial charge is 0.313 e. The molecule has 0 aromatic heterocycles. The van der Waals surface area contributed by atoms with Crippen molar-refractivity contribution < 1.29 is 0 Å². The maximum absolute atomic E-state index is 3.76. The molecule has 1 heterocycles. The number of rotatable bonds is 9. The monoisotopic (exact) mass is 301 g/mol. The fourth-order valence-corrected chi connectivity index (χ4v) is 3.85. The van der Waals surface area contributed by atoms with E-state index in [1.54, 1.807) is 16.7 Å². The van der Waals surface area contributed by atoms with E-state index < -0.39 is 0 Å². The number of aryl methyl sites for hydroxylation is 2. The Balaban J connectivity index is 1.98. The fraction of sp³-hybridized carbons (Fsp3) is 0.714. The third-order valence-electron chi connectivity index (χ3n) is 5.12. The molecule has 0 saturated carbocycles. The summed E-state index contributed by atoms with van der Waals surface area (Å²) in [5.74, 6) is 0.734. The quantitative estimate of drug-likeness (QED) is 0.584. The molecule has 1 N–H and O–H groups in total. The molecular weight excluding hydrogens is 266 g/mol. The number of unbranched alkanes of at least 4 members (excludes halogenated alkanes) is 2. The SMILES string of the molecule is CCCCCC1CC(c2ccc(CCC)c(CCC)c2)CN1. The molecule has 0 aliphatic carbocycles. The topological polar surface area (TPSA) is 12.0 Å². The van der Waals surface area contributed by atoms with Crippen LogP contribution in [0.1, 0.15) is 88.3 Å². The number of hydrogen-bond acceptors (Lipinski definition) is 1. The van der Waals surface area contributed by atoms with E-state index in [-0.39, 0.29) is 0 Å². The average molecular weight is 302 g/mol. The second kappa shape index (κ2) is 9.35. The van der Waals surface area contributed by atoms with Crippen LogP contribution in [-0.4, -0.2) is 12.6 Å². The van der Waals surface area contributed by atoms with Crippen LogP contribution in [0.3, 0.4) is 0 Å². The summed E-state index contributed by atoms with van der Waals surface area (Å²) in [5.41, 5.74) is 4.77. The van der Waals surface area contributed by atoms with Gasteiger partial charge in [0.25, 0.3) is 0 Å². The van der Waals surface area contributed by atoms with Crippen LogP contribution in [0.5, 0.6) is 0 Å². The van der Waals surface area contributed by atoms with Crippen molar-refractivity contribution in [3.05, 3.63) is 34.9 Å². The smallest absolute Gasteiger partial charge is 0.00736 e. The van der Waals surface area contributed by atoms with Crippen molar-refractivity contribution in [2.45, 2.75) is 90.5 Å². The van der Waals surface area contributed by atoms with E-state index in [4.69, 9.17) is 0 Å². The van der Waals surface area contributed by atoms with E-state index in [9.17, 15) is 0 Å². The summed E-state index contributed by atoms with van der Waals surface area (Å²) in [6.07, 6.45) is 11.8. The van der Waals surface area contributed by atoms with Crippen LogP contribution < -0.4 is 5.32 Å². The molecule has 0 amide bonds. The van der Waals surface area contributed by atoms with Gasteiger partial charge >= 0.3 is 0 Å². The highest BCUT2D eigenvalue weighted by atomic mass is 14.9. The molecule has 0 spiro atoms. The van der Waals surface area contributed by atoms with Crippen LogP contribution in [-0.2, 0) is 12.8 Å². The summed E-state index contributed by atoms with van der Waals surface area (Å²) < 4.78 is 0. The van der Waals surface area contributed by atoms with Gasteiger partial charge in [-0.25, -0.2) is 0 Å². The first-order chi connectivity index (χ1) is 10.8. The lowest BCUT2D eigenvalue weighted by molar-refractivity contribution is 0.517. The second-order valence-corrected chi connectivity index (χ2v) is 7.06. The molecule has 0 bridgehead atoms. The molecule has 2 atom stereocenters. The van der Waals surface area contributed by atoms with Crippen LogP contribution in [0.25, 0.3) is 0 Å². The number of benzene rings is 1. The molecule has 1 fully saturated rings. The minimum absolute atomic E-state index is 0.734. The molecule has 2 rings (SSSR count). The van der Waals surface area contributed by atoms with E-state index >= 15 is 0 Å². The first-order valence-electron chi connectivity index (χ1n) is 9.63. The van der Waals surface area contributed by atoms with Gasteiger partial charge in [-0.2, -0.15) is 0 Å². The Labute approximate surface area is 137 Å². The van der Waals surface area contributed by atoms with Gasteiger partial charge < -0.3 is 5.32 Å². The van der Waals surface area contributed by atoms with Gasteiger partial charge in [-0.3, -0.25) is 0 Å². The third kappa shape index (κ3) is 4.84. The van der Waals surface area contributed by atoms with E-state index in [1.807, 2.05) is 0 Å². The van der Waals surface area contributed by atoms with E-state index in [0.29, 0.717) is 0 Å². The van der Waals surface area contributed by atoms with Crippen molar-refractivity contribution in [3.8, 4) is 0 Å². The molecule has 22 heavy (non-hydrogen) atoms.